The van der Waals surface area contributed by atoms with Crippen LogP contribution >= 0.6 is 0 Å². The molecule has 20 heavy (non-hydrogen) atoms. The van der Waals surface area contributed by atoms with Crippen LogP contribution in [0.15, 0.2) is 0 Å². The molecule has 0 spiro atoms. The molecule has 0 saturated carbocycles. The molecule has 1 aliphatic heterocycles. The number of nitriles is 1. The monoisotopic (exact) mass is 279 g/mol. The molecule has 1 fully saturated rings. The Balaban J connectivity index is 2.43. The summed E-state index contributed by atoms with van der Waals surface area (Å²) >= 11 is 0. The van der Waals surface area contributed by atoms with E-state index in [2.05, 4.69) is 44.0 Å². The van der Waals surface area contributed by atoms with Gasteiger partial charge in [-0.1, -0.05) is 13.8 Å². The van der Waals surface area contributed by atoms with Crippen molar-refractivity contribution in [3.8, 4) is 6.07 Å². The fourth-order valence-electron chi connectivity index (χ4n) is 3.25. The first-order valence-electron chi connectivity index (χ1n) is 8.27. The lowest BCUT2D eigenvalue weighted by Gasteiger charge is -2.29. The van der Waals surface area contributed by atoms with Gasteiger partial charge >= 0.3 is 0 Å². The highest BCUT2D eigenvalue weighted by atomic mass is 15.1. The molecule has 1 heterocycles. The Hall–Kier alpha value is -0.590. The van der Waals surface area contributed by atoms with Gasteiger partial charge in [0.15, 0.2) is 0 Å². The van der Waals surface area contributed by atoms with Crippen molar-refractivity contribution in [2.75, 3.05) is 19.6 Å². The highest BCUT2D eigenvalue weighted by Crippen LogP contribution is 2.25. The largest absolute Gasteiger partial charge is 0.303 e. The van der Waals surface area contributed by atoms with E-state index in [-0.39, 0.29) is 0 Å². The molecule has 0 aromatic heterocycles. The van der Waals surface area contributed by atoms with Gasteiger partial charge in [0.25, 0.3) is 0 Å². The summed E-state index contributed by atoms with van der Waals surface area (Å²) in [5.41, 5.74) is -0.391. The fraction of sp³-hybridized carbons (Fsp3) is 0.941. The second-order valence-electron chi connectivity index (χ2n) is 7.27. The predicted octanol–water partition coefficient (Wildman–Crippen LogP) is 3.41. The summed E-state index contributed by atoms with van der Waals surface area (Å²) in [6.07, 6.45) is 4.91. The second-order valence-corrected chi connectivity index (χ2v) is 7.27. The Labute approximate surface area is 125 Å². The molecule has 3 heteroatoms. The number of nitrogens with zero attached hydrogens (tertiary/aromatic N) is 2. The molecular formula is C17H33N3. The van der Waals surface area contributed by atoms with Gasteiger partial charge in [-0.05, 0) is 71.4 Å². The molecule has 2 unspecified atom stereocenters. The average Bonchev–Trinajstić information content (AvgIpc) is 2.61. The molecular weight excluding hydrogens is 246 g/mol. The lowest BCUT2D eigenvalue weighted by molar-refractivity contribution is 0.241. The van der Waals surface area contributed by atoms with Gasteiger partial charge in [0, 0.05) is 12.6 Å². The van der Waals surface area contributed by atoms with Gasteiger partial charge in [-0.15, -0.1) is 0 Å². The van der Waals surface area contributed by atoms with Gasteiger partial charge in [-0.25, -0.2) is 0 Å². The maximum atomic E-state index is 9.40. The van der Waals surface area contributed by atoms with Crippen molar-refractivity contribution < 1.29 is 0 Å². The van der Waals surface area contributed by atoms with E-state index >= 15 is 0 Å². The zero-order chi connectivity index (χ0) is 15.2. The van der Waals surface area contributed by atoms with Crippen LogP contribution in [-0.2, 0) is 0 Å². The summed E-state index contributed by atoms with van der Waals surface area (Å²) in [7, 11) is 0. The highest BCUT2D eigenvalue weighted by Gasteiger charge is 2.26. The first-order valence-corrected chi connectivity index (χ1v) is 8.27. The van der Waals surface area contributed by atoms with Crippen LogP contribution in [0.25, 0.3) is 0 Å². The topological polar surface area (TPSA) is 39.1 Å². The van der Waals surface area contributed by atoms with Crippen molar-refractivity contribution in [3.63, 3.8) is 0 Å². The van der Waals surface area contributed by atoms with Crippen LogP contribution in [-0.4, -0.2) is 36.1 Å². The number of rotatable bonds is 6. The molecule has 116 valence electrons. The second kappa shape index (κ2) is 8.00. The Morgan fingerprint density at radius 2 is 1.95 bits per heavy atom. The van der Waals surface area contributed by atoms with E-state index in [1.807, 2.05) is 6.92 Å². The Bertz CT molecular complexity index is 319. The summed E-state index contributed by atoms with van der Waals surface area (Å²) in [5, 5.41) is 12.8. The van der Waals surface area contributed by atoms with Gasteiger partial charge < -0.3 is 4.90 Å². The predicted molar refractivity (Wildman–Crippen MR) is 85.5 cm³/mol. The third-order valence-electron chi connectivity index (χ3n) is 4.59. The molecule has 2 atom stereocenters. The van der Waals surface area contributed by atoms with Crippen molar-refractivity contribution in [1.82, 2.24) is 10.2 Å². The zero-order valence-electron chi connectivity index (χ0n) is 14.1. The molecule has 0 amide bonds. The van der Waals surface area contributed by atoms with Crippen LogP contribution in [0.2, 0.25) is 0 Å². The molecule has 0 radical (unpaired) electrons. The minimum Gasteiger partial charge on any atom is -0.303 e. The number of hydrogen-bond acceptors (Lipinski definition) is 3. The van der Waals surface area contributed by atoms with E-state index in [0.717, 1.165) is 24.8 Å². The standard InChI is InChI=1S/C17H33N3/c1-14(2)16-7-6-10-20(11-8-16)12-9-17(5,13-18)19-15(3)4/h14-16,19H,6-12H2,1-5H3. The Morgan fingerprint density at radius 3 is 2.50 bits per heavy atom. The van der Waals surface area contributed by atoms with Crippen molar-refractivity contribution in [2.24, 2.45) is 11.8 Å². The summed E-state index contributed by atoms with van der Waals surface area (Å²) in [5.74, 6) is 1.69. The summed E-state index contributed by atoms with van der Waals surface area (Å²) in [4.78, 5) is 2.56. The minimum absolute atomic E-state index is 0.356. The Morgan fingerprint density at radius 1 is 1.25 bits per heavy atom. The first-order chi connectivity index (χ1) is 9.36. The fourth-order valence-corrected chi connectivity index (χ4v) is 3.25. The van der Waals surface area contributed by atoms with E-state index in [0.29, 0.717) is 6.04 Å². The molecule has 3 nitrogen and oxygen atoms in total. The number of likely N-dealkylation sites (tertiary alicyclic amines) is 1. The normalized spacial score (nSPS) is 24.4. The SMILES string of the molecule is CC(C)NC(C)(C#N)CCN1CCCC(C(C)C)CC1. The highest BCUT2D eigenvalue weighted by molar-refractivity contribution is 5.04. The van der Waals surface area contributed by atoms with E-state index < -0.39 is 5.54 Å². The minimum atomic E-state index is -0.391. The van der Waals surface area contributed by atoms with Crippen LogP contribution in [0.1, 0.15) is 60.3 Å². The smallest absolute Gasteiger partial charge is 0.105 e. The van der Waals surface area contributed by atoms with E-state index in [1.165, 1.54) is 32.4 Å². The third kappa shape index (κ3) is 5.81. The molecule has 1 aliphatic rings. The van der Waals surface area contributed by atoms with Crippen LogP contribution < -0.4 is 5.32 Å². The molecule has 1 saturated heterocycles. The molecule has 0 bridgehead atoms. The maximum Gasteiger partial charge on any atom is 0.105 e. The van der Waals surface area contributed by atoms with Gasteiger partial charge in [-0.3, -0.25) is 5.32 Å². The van der Waals surface area contributed by atoms with Gasteiger partial charge in [-0.2, -0.15) is 5.26 Å². The van der Waals surface area contributed by atoms with Crippen molar-refractivity contribution >= 4 is 0 Å². The van der Waals surface area contributed by atoms with Gasteiger partial charge in [0.05, 0.1) is 6.07 Å². The lowest BCUT2D eigenvalue weighted by Crippen LogP contribution is -2.47. The summed E-state index contributed by atoms with van der Waals surface area (Å²) in [6, 6.07) is 2.81. The van der Waals surface area contributed by atoms with E-state index in [9.17, 15) is 5.26 Å². The molecule has 0 aromatic carbocycles. The van der Waals surface area contributed by atoms with E-state index in [4.69, 9.17) is 0 Å². The summed E-state index contributed by atoms with van der Waals surface area (Å²) < 4.78 is 0. The van der Waals surface area contributed by atoms with Crippen LogP contribution in [0.4, 0.5) is 0 Å². The van der Waals surface area contributed by atoms with Gasteiger partial charge in [0.2, 0.25) is 0 Å². The number of nitrogens with one attached hydrogen (secondary N) is 1. The van der Waals surface area contributed by atoms with Crippen LogP contribution in [0.5, 0.6) is 0 Å². The average molecular weight is 279 g/mol. The first kappa shape index (κ1) is 17.5. The zero-order valence-corrected chi connectivity index (χ0v) is 14.1. The Kier molecular flexibility index (Phi) is 6.99. The summed E-state index contributed by atoms with van der Waals surface area (Å²) in [6.45, 7) is 14.4. The molecule has 0 aromatic rings. The molecule has 1 N–H and O–H groups in total. The van der Waals surface area contributed by atoms with Gasteiger partial charge in [0.1, 0.15) is 5.54 Å². The number of hydrogen-bond donors (Lipinski definition) is 1. The molecule has 0 aliphatic carbocycles. The van der Waals surface area contributed by atoms with E-state index in [1.54, 1.807) is 0 Å². The third-order valence-corrected chi connectivity index (χ3v) is 4.59. The molecule has 1 rings (SSSR count). The van der Waals surface area contributed by atoms with Crippen molar-refractivity contribution in [1.29, 1.82) is 5.26 Å². The lowest BCUT2D eigenvalue weighted by atomic mass is 9.89. The maximum absolute atomic E-state index is 9.40. The quantitative estimate of drug-likeness (QED) is 0.810. The van der Waals surface area contributed by atoms with Crippen LogP contribution in [0, 0.1) is 23.2 Å². The van der Waals surface area contributed by atoms with Crippen molar-refractivity contribution in [2.45, 2.75) is 71.9 Å². The van der Waals surface area contributed by atoms with Crippen LogP contribution in [0.3, 0.4) is 0 Å². The van der Waals surface area contributed by atoms with Crippen molar-refractivity contribution in [3.05, 3.63) is 0 Å².